The molecule has 0 aliphatic carbocycles. The lowest BCUT2D eigenvalue weighted by atomic mass is 10.2. The van der Waals surface area contributed by atoms with Gasteiger partial charge in [0.2, 0.25) is 0 Å². The molecule has 1 fully saturated rings. The minimum absolute atomic E-state index is 0.187. The predicted molar refractivity (Wildman–Crippen MR) is 66.5 cm³/mol. The van der Waals surface area contributed by atoms with Crippen molar-refractivity contribution in [1.82, 2.24) is 5.32 Å². The monoisotopic (exact) mass is 289 g/mol. The Morgan fingerprint density at radius 3 is 2.93 bits per heavy atom. The molecule has 0 radical (unpaired) electrons. The minimum Gasteiger partial charge on any atom is -0.301 e. The highest BCUT2D eigenvalue weighted by molar-refractivity contribution is 9.10. The van der Waals surface area contributed by atoms with Gasteiger partial charge in [-0.15, -0.1) is 11.8 Å². The van der Waals surface area contributed by atoms with E-state index in [1.54, 1.807) is 12.1 Å². The largest absolute Gasteiger partial charge is 0.301 e. The van der Waals surface area contributed by atoms with E-state index in [2.05, 4.69) is 28.2 Å². The molecule has 1 heterocycles. The van der Waals surface area contributed by atoms with Crippen LogP contribution in [-0.4, -0.2) is 12.3 Å². The van der Waals surface area contributed by atoms with Crippen molar-refractivity contribution in [3.8, 4) is 0 Å². The first kappa shape index (κ1) is 11.4. The van der Waals surface area contributed by atoms with Crippen molar-refractivity contribution in [3.63, 3.8) is 0 Å². The fourth-order valence-corrected chi connectivity index (χ4v) is 3.01. The number of thioether (sulfide) groups is 1. The van der Waals surface area contributed by atoms with E-state index in [1.807, 2.05) is 17.8 Å². The van der Waals surface area contributed by atoms with Gasteiger partial charge in [-0.1, -0.05) is 13.0 Å². The second-order valence-electron chi connectivity index (χ2n) is 3.90. The van der Waals surface area contributed by atoms with Crippen LogP contribution in [0.25, 0.3) is 0 Å². The summed E-state index contributed by atoms with van der Waals surface area (Å²) < 4.78 is 13.9. The van der Waals surface area contributed by atoms with Gasteiger partial charge in [0.15, 0.2) is 0 Å². The summed E-state index contributed by atoms with van der Waals surface area (Å²) >= 11 is 5.01. The number of hydrogen-bond donors (Lipinski definition) is 1. The molecule has 1 aromatic rings. The lowest BCUT2D eigenvalue weighted by Gasteiger charge is -2.27. The molecule has 0 saturated carbocycles. The zero-order chi connectivity index (χ0) is 10.8. The molecule has 1 aromatic carbocycles. The zero-order valence-electron chi connectivity index (χ0n) is 8.47. The second-order valence-corrected chi connectivity index (χ2v) is 5.89. The molecule has 1 nitrogen and oxygen atoms in total. The molecule has 2 unspecified atom stereocenters. The number of hydrogen-bond acceptors (Lipinski definition) is 2. The summed E-state index contributed by atoms with van der Waals surface area (Å²) in [4.78, 5) is 0. The van der Waals surface area contributed by atoms with Crippen LogP contribution in [0.1, 0.15) is 17.9 Å². The molecule has 1 saturated heterocycles. The molecule has 4 heteroatoms. The lowest BCUT2D eigenvalue weighted by molar-refractivity contribution is 0.527. The summed E-state index contributed by atoms with van der Waals surface area (Å²) in [6.07, 6.45) is 0. The average molecular weight is 290 g/mol. The Balaban J connectivity index is 2.12. The van der Waals surface area contributed by atoms with Gasteiger partial charge < -0.3 is 5.32 Å². The molecular weight excluding hydrogens is 277 g/mol. The van der Waals surface area contributed by atoms with E-state index in [1.165, 1.54) is 0 Å². The first-order valence-electron chi connectivity index (χ1n) is 4.97. The Labute approximate surface area is 102 Å². The fraction of sp³-hybridized carbons (Fsp3) is 0.455. The van der Waals surface area contributed by atoms with E-state index in [0.717, 1.165) is 17.9 Å². The standard InChI is InChI=1S/C11H13BrFNS/c1-7-5-14-11(15-6-7)8-2-3-9(12)10(13)4-8/h2-4,7,11,14H,5-6H2,1H3. The maximum absolute atomic E-state index is 13.3. The van der Waals surface area contributed by atoms with Gasteiger partial charge in [0.1, 0.15) is 5.82 Å². The van der Waals surface area contributed by atoms with Crippen LogP contribution in [-0.2, 0) is 0 Å². The molecule has 0 aromatic heterocycles. The van der Waals surface area contributed by atoms with Gasteiger partial charge >= 0.3 is 0 Å². The van der Waals surface area contributed by atoms with Crippen molar-refractivity contribution in [1.29, 1.82) is 0 Å². The van der Waals surface area contributed by atoms with Crippen molar-refractivity contribution in [2.75, 3.05) is 12.3 Å². The molecule has 82 valence electrons. The SMILES string of the molecule is CC1CNC(c2ccc(Br)c(F)c2)SC1. The van der Waals surface area contributed by atoms with E-state index in [4.69, 9.17) is 0 Å². The van der Waals surface area contributed by atoms with Crippen molar-refractivity contribution >= 4 is 27.7 Å². The van der Waals surface area contributed by atoms with Crippen LogP contribution in [0.2, 0.25) is 0 Å². The Morgan fingerprint density at radius 1 is 1.53 bits per heavy atom. The molecule has 0 amide bonds. The number of halogens is 2. The maximum Gasteiger partial charge on any atom is 0.137 e. The van der Waals surface area contributed by atoms with E-state index in [9.17, 15) is 4.39 Å². The summed E-state index contributed by atoms with van der Waals surface area (Å²) in [5.41, 5.74) is 1.02. The average Bonchev–Trinajstić information content (AvgIpc) is 2.23. The van der Waals surface area contributed by atoms with Gasteiger partial charge in [-0.3, -0.25) is 0 Å². The summed E-state index contributed by atoms with van der Waals surface area (Å²) in [5, 5.41) is 3.65. The molecule has 15 heavy (non-hydrogen) atoms. The van der Waals surface area contributed by atoms with Crippen LogP contribution in [0.3, 0.4) is 0 Å². The molecule has 2 atom stereocenters. The molecule has 1 aliphatic heterocycles. The molecule has 1 aliphatic rings. The number of nitrogens with one attached hydrogen (secondary N) is 1. The summed E-state index contributed by atoms with van der Waals surface area (Å²) in [6.45, 7) is 3.23. The number of benzene rings is 1. The first-order valence-corrected chi connectivity index (χ1v) is 6.81. The minimum atomic E-state index is -0.187. The van der Waals surface area contributed by atoms with E-state index in [0.29, 0.717) is 10.4 Å². The normalized spacial score (nSPS) is 26.6. The Morgan fingerprint density at radius 2 is 2.33 bits per heavy atom. The molecular formula is C11H13BrFNS. The Kier molecular flexibility index (Phi) is 3.69. The highest BCUT2D eigenvalue weighted by Gasteiger charge is 2.19. The van der Waals surface area contributed by atoms with Crippen LogP contribution in [0, 0.1) is 11.7 Å². The van der Waals surface area contributed by atoms with Gasteiger partial charge in [-0.25, -0.2) is 4.39 Å². The van der Waals surface area contributed by atoms with E-state index >= 15 is 0 Å². The summed E-state index contributed by atoms with van der Waals surface area (Å²) in [5.74, 6) is 1.65. The summed E-state index contributed by atoms with van der Waals surface area (Å²) in [7, 11) is 0. The van der Waals surface area contributed by atoms with E-state index in [-0.39, 0.29) is 11.2 Å². The summed E-state index contributed by atoms with van der Waals surface area (Å²) in [6, 6.07) is 5.34. The third kappa shape index (κ3) is 2.74. The van der Waals surface area contributed by atoms with Crippen molar-refractivity contribution in [2.45, 2.75) is 12.3 Å². The Bertz CT molecular complexity index is 350. The fourth-order valence-electron chi connectivity index (χ4n) is 1.58. The van der Waals surface area contributed by atoms with Gasteiger partial charge in [-0.05, 0) is 51.8 Å². The van der Waals surface area contributed by atoms with Crippen LogP contribution in [0.5, 0.6) is 0 Å². The first-order chi connectivity index (χ1) is 7.16. The lowest BCUT2D eigenvalue weighted by Crippen LogP contribution is -2.31. The highest BCUT2D eigenvalue weighted by atomic mass is 79.9. The molecule has 2 rings (SSSR count). The topological polar surface area (TPSA) is 12.0 Å². The van der Waals surface area contributed by atoms with Crippen LogP contribution >= 0.6 is 27.7 Å². The van der Waals surface area contributed by atoms with Crippen molar-refractivity contribution in [2.24, 2.45) is 5.92 Å². The van der Waals surface area contributed by atoms with Gasteiger partial charge in [0.25, 0.3) is 0 Å². The maximum atomic E-state index is 13.3. The van der Waals surface area contributed by atoms with E-state index < -0.39 is 0 Å². The Hall–Kier alpha value is -0.0600. The zero-order valence-corrected chi connectivity index (χ0v) is 10.9. The highest BCUT2D eigenvalue weighted by Crippen LogP contribution is 2.32. The number of rotatable bonds is 1. The van der Waals surface area contributed by atoms with Crippen molar-refractivity contribution in [3.05, 3.63) is 34.1 Å². The van der Waals surface area contributed by atoms with Gasteiger partial charge in [-0.2, -0.15) is 0 Å². The van der Waals surface area contributed by atoms with Crippen molar-refractivity contribution < 1.29 is 4.39 Å². The van der Waals surface area contributed by atoms with Crippen LogP contribution < -0.4 is 5.32 Å². The quantitative estimate of drug-likeness (QED) is 0.848. The molecule has 1 N–H and O–H groups in total. The van der Waals surface area contributed by atoms with Crippen LogP contribution in [0.4, 0.5) is 4.39 Å². The smallest absolute Gasteiger partial charge is 0.137 e. The molecule has 0 spiro atoms. The predicted octanol–water partition coefficient (Wildman–Crippen LogP) is 3.56. The third-order valence-electron chi connectivity index (χ3n) is 2.45. The second kappa shape index (κ2) is 4.85. The molecule has 0 bridgehead atoms. The van der Waals surface area contributed by atoms with Gasteiger partial charge in [0.05, 0.1) is 9.85 Å². The van der Waals surface area contributed by atoms with Crippen LogP contribution in [0.15, 0.2) is 22.7 Å². The van der Waals surface area contributed by atoms with Gasteiger partial charge in [0, 0.05) is 0 Å². The third-order valence-corrected chi connectivity index (χ3v) is 4.62.